The molecule has 1 heterocycles. The van der Waals surface area contributed by atoms with E-state index < -0.39 is 6.10 Å². The molecule has 0 saturated carbocycles. The van der Waals surface area contributed by atoms with Gasteiger partial charge in [0, 0.05) is 31.9 Å². The summed E-state index contributed by atoms with van der Waals surface area (Å²) in [7, 11) is 1.67. The first-order chi connectivity index (χ1) is 13.5. The highest BCUT2D eigenvalue weighted by atomic mass is 16.5. The molecule has 150 valence electrons. The maximum absolute atomic E-state index is 13.0. The normalized spacial score (nSPS) is 15.3. The summed E-state index contributed by atoms with van der Waals surface area (Å²) in [6, 6.07) is 14.2. The molecule has 3 rings (SSSR count). The Morgan fingerprint density at radius 1 is 1.04 bits per heavy atom. The molecule has 0 spiro atoms. The lowest BCUT2D eigenvalue weighted by molar-refractivity contribution is -0.139. The Balaban J connectivity index is 1.60. The summed E-state index contributed by atoms with van der Waals surface area (Å²) in [5.74, 6) is 1.74. The highest BCUT2D eigenvalue weighted by Crippen LogP contribution is 2.23. The summed E-state index contributed by atoms with van der Waals surface area (Å²) in [6.45, 7) is 9.10. The lowest BCUT2D eigenvalue weighted by atomic mass is 10.1. The van der Waals surface area contributed by atoms with Crippen molar-refractivity contribution in [3.05, 3.63) is 53.6 Å². The van der Waals surface area contributed by atoms with E-state index in [9.17, 15) is 4.79 Å². The molecule has 5 nitrogen and oxygen atoms in total. The van der Waals surface area contributed by atoms with Gasteiger partial charge in [0.25, 0.3) is 5.91 Å². The minimum absolute atomic E-state index is 0.0813. The highest BCUT2D eigenvalue weighted by Gasteiger charge is 2.28. The van der Waals surface area contributed by atoms with Gasteiger partial charge in [-0.1, -0.05) is 19.1 Å². The van der Waals surface area contributed by atoms with Crippen molar-refractivity contribution >= 4 is 11.6 Å². The summed E-state index contributed by atoms with van der Waals surface area (Å²) in [5, 5.41) is 0. The summed E-state index contributed by atoms with van der Waals surface area (Å²) in [5.41, 5.74) is 3.35. The largest absolute Gasteiger partial charge is 0.497 e. The Labute approximate surface area is 167 Å². The molecule has 2 aromatic carbocycles. The number of piperazine rings is 1. The third-order valence-electron chi connectivity index (χ3n) is 5.29. The van der Waals surface area contributed by atoms with Crippen molar-refractivity contribution in [1.82, 2.24) is 4.90 Å². The zero-order valence-electron chi connectivity index (χ0n) is 17.3. The maximum atomic E-state index is 13.0. The van der Waals surface area contributed by atoms with E-state index in [-0.39, 0.29) is 5.91 Å². The van der Waals surface area contributed by atoms with Crippen LogP contribution in [-0.2, 0) is 4.79 Å². The lowest BCUT2D eigenvalue weighted by Crippen LogP contribution is -2.52. The number of methoxy groups -OCH3 is 1. The van der Waals surface area contributed by atoms with Gasteiger partial charge in [0.2, 0.25) is 0 Å². The van der Waals surface area contributed by atoms with E-state index in [1.54, 1.807) is 7.11 Å². The second kappa shape index (κ2) is 9.00. The van der Waals surface area contributed by atoms with E-state index >= 15 is 0 Å². The Kier molecular flexibility index (Phi) is 6.45. The third-order valence-corrected chi connectivity index (χ3v) is 5.29. The fourth-order valence-corrected chi connectivity index (χ4v) is 3.48. The number of benzene rings is 2. The predicted octanol–water partition coefficient (Wildman–Crippen LogP) is 3.82. The van der Waals surface area contributed by atoms with Crippen LogP contribution in [-0.4, -0.2) is 50.2 Å². The van der Waals surface area contributed by atoms with Gasteiger partial charge >= 0.3 is 0 Å². The first kappa shape index (κ1) is 20.1. The first-order valence-corrected chi connectivity index (χ1v) is 9.93. The highest BCUT2D eigenvalue weighted by molar-refractivity contribution is 5.81. The van der Waals surface area contributed by atoms with Crippen LogP contribution in [0.2, 0.25) is 0 Å². The molecule has 0 aromatic heterocycles. The monoisotopic (exact) mass is 382 g/mol. The minimum atomic E-state index is -0.437. The smallest absolute Gasteiger partial charge is 0.263 e. The van der Waals surface area contributed by atoms with Gasteiger partial charge in [0.15, 0.2) is 6.10 Å². The minimum Gasteiger partial charge on any atom is -0.497 e. The molecule has 0 aliphatic carbocycles. The van der Waals surface area contributed by atoms with E-state index in [0.717, 1.165) is 41.4 Å². The average molecular weight is 383 g/mol. The number of rotatable bonds is 6. The van der Waals surface area contributed by atoms with Gasteiger partial charge in [-0.25, -0.2) is 0 Å². The molecule has 0 unspecified atom stereocenters. The van der Waals surface area contributed by atoms with E-state index in [1.165, 1.54) is 0 Å². The fraction of sp³-hybridized carbons (Fsp3) is 0.435. The molecular weight excluding hydrogens is 352 g/mol. The van der Waals surface area contributed by atoms with E-state index in [0.29, 0.717) is 19.5 Å². The molecule has 2 aromatic rings. The number of ether oxygens (including phenoxy) is 2. The number of nitrogens with zero attached hydrogens (tertiary/aromatic N) is 2. The maximum Gasteiger partial charge on any atom is 0.263 e. The number of amides is 1. The molecule has 1 aliphatic heterocycles. The van der Waals surface area contributed by atoms with E-state index in [2.05, 4.69) is 23.1 Å². The fourth-order valence-electron chi connectivity index (χ4n) is 3.48. The zero-order chi connectivity index (χ0) is 20.1. The third kappa shape index (κ3) is 4.58. The molecule has 0 bridgehead atoms. The summed E-state index contributed by atoms with van der Waals surface area (Å²) < 4.78 is 11.3. The molecule has 1 atom stereocenters. The van der Waals surface area contributed by atoms with Crippen molar-refractivity contribution in [2.75, 3.05) is 38.2 Å². The van der Waals surface area contributed by atoms with Crippen LogP contribution in [0.4, 0.5) is 5.69 Å². The molecule has 1 fully saturated rings. The van der Waals surface area contributed by atoms with Gasteiger partial charge in [0.05, 0.1) is 7.11 Å². The second-order valence-electron chi connectivity index (χ2n) is 7.29. The van der Waals surface area contributed by atoms with Crippen LogP contribution in [0.15, 0.2) is 42.5 Å². The number of carbonyl (C=O) groups excluding carboxylic acids is 1. The van der Waals surface area contributed by atoms with Gasteiger partial charge in [-0.3, -0.25) is 4.79 Å². The van der Waals surface area contributed by atoms with Crippen molar-refractivity contribution in [2.45, 2.75) is 33.3 Å². The molecule has 1 amide bonds. The number of hydrogen-bond donors (Lipinski definition) is 0. The topological polar surface area (TPSA) is 42.0 Å². The van der Waals surface area contributed by atoms with E-state index in [4.69, 9.17) is 9.47 Å². The van der Waals surface area contributed by atoms with Gasteiger partial charge in [0.1, 0.15) is 11.5 Å². The van der Waals surface area contributed by atoms with Crippen LogP contribution in [0.5, 0.6) is 11.5 Å². The Bertz CT molecular complexity index is 796. The summed E-state index contributed by atoms with van der Waals surface area (Å²) >= 11 is 0. The average Bonchev–Trinajstić information content (AvgIpc) is 2.74. The number of aryl methyl sites for hydroxylation is 2. The molecule has 0 N–H and O–H groups in total. The predicted molar refractivity (Wildman–Crippen MR) is 112 cm³/mol. The van der Waals surface area contributed by atoms with Crippen LogP contribution in [0, 0.1) is 13.8 Å². The molecule has 1 saturated heterocycles. The molecule has 0 radical (unpaired) electrons. The van der Waals surface area contributed by atoms with Crippen LogP contribution in [0.25, 0.3) is 0 Å². The van der Waals surface area contributed by atoms with Crippen molar-refractivity contribution in [1.29, 1.82) is 0 Å². The molecule has 5 heteroatoms. The van der Waals surface area contributed by atoms with Gasteiger partial charge in [-0.05, 0) is 61.7 Å². The number of carbonyl (C=O) groups is 1. The van der Waals surface area contributed by atoms with Crippen LogP contribution >= 0.6 is 0 Å². The lowest BCUT2D eigenvalue weighted by Gasteiger charge is -2.37. The summed E-state index contributed by atoms with van der Waals surface area (Å²) in [4.78, 5) is 17.3. The number of anilines is 1. The van der Waals surface area contributed by atoms with Crippen molar-refractivity contribution in [2.24, 2.45) is 0 Å². The molecule has 28 heavy (non-hydrogen) atoms. The SMILES string of the molecule is CC[C@@H](Oc1cc(C)ccc1C)C(=O)N1CCN(c2ccc(OC)cc2)CC1. The summed E-state index contributed by atoms with van der Waals surface area (Å²) in [6.07, 6.45) is 0.221. The quantitative estimate of drug-likeness (QED) is 0.762. The van der Waals surface area contributed by atoms with Gasteiger partial charge in [-0.2, -0.15) is 0 Å². The van der Waals surface area contributed by atoms with Crippen LogP contribution < -0.4 is 14.4 Å². The molecular formula is C23H30N2O3. The first-order valence-electron chi connectivity index (χ1n) is 9.93. The van der Waals surface area contributed by atoms with Gasteiger partial charge in [-0.15, -0.1) is 0 Å². The van der Waals surface area contributed by atoms with E-state index in [1.807, 2.05) is 49.9 Å². The van der Waals surface area contributed by atoms with Crippen molar-refractivity contribution < 1.29 is 14.3 Å². The van der Waals surface area contributed by atoms with Crippen molar-refractivity contribution in [3.8, 4) is 11.5 Å². The van der Waals surface area contributed by atoms with Crippen LogP contribution in [0.1, 0.15) is 24.5 Å². The Hall–Kier alpha value is -2.69. The Morgan fingerprint density at radius 2 is 1.71 bits per heavy atom. The standard InChI is InChI=1S/C23H30N2O3/c1-5-21(28-22-16-17(2)6-7-18(22)3)23(26)25-14-12-24(13-15-25)19-8-10-20(27-4)11-9-19/h6-11,16,21H,5,12-15H2,1-4H3/t21-/m1/s1. The zero-order valence-corrected chi connectivity index (χ0v) is 17.3. The second-order valence-corrected chi connectivity index (χ2v) is 7.29. The van der Waals surface area contributed by atoms with Gasteiger partial charge < -0.3 is 19.3 Å². The van der Waals surface area contributed by atoms with Crippen molar-refractivity contribution in [3.63, 3.8) is 0 Å². The Morgan fingerprint density at radius 3 is 2.32 bits per heavy atom. The van der Waals surface area contributed by atoms with Crippen LogP contribution in [0.3, 0.4) is 0 Å². The number of hydrogen-bond acceptors (Lipinski definition) is 4. The molecule has 1 aliphatic rings.